The molecule has 0 fully saturated rings. The Balaban J connectivity index is 0.00000120. The van der Waals surface area contributed by atoms with Crippen LogP contribution in [0, 0.1) is 0 Å². The van der Waals surface area contributed by atoms with Gasteiger partial charge in [-0.15, -0.1) is 12.4 Å². The number of benzene rings is 2. The van der Waals surface area contributed by atoms with E-state index in [2.05, 4.69) is 0 Å². The molecule has 2 aromatic carbocycles. The van der Waals surface area contributed by atoms with Crippen LogP contribution in [0.4, 0.5) is 5.69 Å². The number of hydrogen-bond donors (Lipinski definition) is 1. The number of nitrogens with zero attached hydrogens (tertiary/aromatic N) is 1. The summed E-state index contributed by atoms with van der Waals surface area (Å²) in [6.45, 7) is 3.19. The SMILES string of the molecule is CCN1C(=O)c2ccc(CN)c3cccc1c23.Cl. The quantitative estimate of drug-likeness (QED) is 0.905. The van der Waals surface area contributed by atoms with Gasteiger partial charge in [-0.25, -0.2) is 0 Å². The number of nitrogens with two attached hydrogens (primary N) is 1. The van der Waals surface area contributed by atoms with Crippen LogP contribution in [0.3, 0.4) is 0 Å². The molecule has 0 aromatic heterocycles. The zero-order valence-electron chi connectivity index (χ0n) is 10.1. The molecular weight excluding hydrogens is 248 g/mol. The highest BCUT2D eigenvalue weighted by molar-refractivity contribution is 6.25. The molecule has 2 aromatic rings. The molecule has 3 nitrogen and oxygen atoms in total. The zero-order valence-corrected chi connectivity index (χ0v) is 11.0. The van der Waals surface area contributed by atoms with E-state index >= 15 is 0 Å². The van der Waals surface area contributed by atoms with Crippen molar-refractivity contribution in [1.29, 1.82) is 0 Å². The molecule has 18 heavy (non-hydrogen) atoms. The van der Waals surface area contributed by atoms with Gasteiger partial charge >= 0.3 is 0 Å². The minimum Gasteiger partial charge on any atom is -0.326 e. The summed E-state index contributed by atoms with van der Waals surface area (Å²) in [5.41, 5.74) is 8.65. The Morgan fingerprint density at radius 2 is 2.00 bits per heavy atom. The largest absolute Gasteiger partial charge is 0.326 e. The van der Waals surface area contributed by atoms with Gasteiger partial charge in [-0.1, -0.05) is 18.2 Å². The molecule has 1 amide bonds. The molecule has 0 aliphatic carbocycles. The van der Waals surface area contributed by atoms with Crippen molar-refractivity contribution in [2.24, 2.45) is 5.73 Å². The molecule has 4 heteroatoms. The van der Waals surface area contributed by atoms with Gasteiger partial charge in [0.25, 0.3) is 5.91 Å². The van der Waals surface area contributed by atoms with Gasteiger partial charge in [0.15, 0.2) is 0 Å². The predicted molar refractivity (Wildman–Crippen MR) is 76.4 cm³/mol. The highest BCUT2D eigenvalue weighted by atomic mass is 35.5. The maximum atomic E-state index is 12.2. The van der Waals surface area contributed by atoms with Crippen molar-refractivity contribution in [2.75, 3.05) is 11.4 Å². The lowest BCUT2D eigenvalue weighted by molar-refractivity contribution is 0.0994. The average molecular weight is 263 g/mol. The summed E-state index contributed by atoms with van der Waals surface area (Å²) < 4.78 is 0. The maximum absolute atomic E-state index is 12.2. The number of amides is 1. The molecule has 0 unspecified atom stereocenters. The van der Waals surface area contributed by atoms with Gasteiger partial charge in [0.1, 0.15) is 0 Å². The number of halogens is 1. The molecule has 0 radical (unpaired) electrons. The summed E-state index contributed by atoms with van der Waals surface area (Å²) in [5, 5.41) is 2.16. The average Bonchev–Trinajstić information content (AvgIpc) is 2.65. The normalized spacial score (nSPS) is 13.0. The fourth-order valence-corrected chi connectivity index (χ4v) is 2.60. The van der Waals surface area contributed by atoms with Crippen molar-refractivity contribution in [3.63, 3.8) is 0 Å². The first kappa shape index (κ1) is 12.9. The Labute approximate surface area is 112 Å². The fraction of sp³-hybridized carbons (Fsp3) is 0.214. The van der Waals surface area contributed by atoms with Crippen molar-refractivity contribution in [1.82, 2.24) is 0 Å². The van der Waals surface area contributed by atoms with Gasteiger partial charge in [-0.05, 0) is 30.0 Å². The second kappa shape index (κ2) is 4.59. The summed E-state index contributed by atoms with van der Waals surface area (Å²) in [4.78, 5) is 14.0. The molecule has 0 spiro atoms. The van der Waals surface area contributed by atoms with Gasteiger partial charge in [0.2, 0.25) is 0 Å². The molecule has 1 aliphatic rings. The van der Waals surface area contributed by atoms with E-state index in [4.69, 9.17) is 5.73 Å². The summed E-state index contributed by atoms with van der Waals surface area (Å²) in [7, 11) is 0. The van der Waals surface area contributed by atoms with Crippen LogP contribution in [-0.2, 0) is 6.54 Å². The standard InChI is InChI=1S/C14H14N2O.ClH/c1-2-16-12-5-3-4-10-9(8-15)6-7-11(13(10)12)14(16)17;/h3-7H,2,8,15H2,1H3;1H. The monoisotopic (exact) mass is 262 g/mol. The number of carbonyl (C=O) groups excluding carboxylic acids is 1. The van der Waals surface area contributed by atoms with Crippen LogP contribution in [0.25, 0.3) is 10.8 Å². The fourth-order valence-electron chi connectivity index (χ4n) is 2.60. The minimum absolute atomic E-state index is 0. The minimum atomic E-state index is 0. The molecule has 0 bridgehead atoms. The molecule has 0 saturated heterocycles. The molecule has 2 N–H and O–H groups in total. The topological polar surface area (TPSA) is 46.3 Å². The Morgan fingerprint density at radius 3 is 2.67 bits per heavy atom. The number of rotatable bonds is 2. The van der Waals surface area contributed by atoms with Crippen LogP contribution in [0.2, 0.25) is 0 Å². The second-order valence-electron chi connectivity index (χ2n) is 4.23. The van der Waals surface area contributed by atoms with E-state index < -0.39 is 0 Å². The van der Waals surface area contributed by atoms with Crippen LogP contribution >= 0.6 is 12.4 Å². The first-order valence-electron chi connectivity index (χ1n) is 5.84. The van der Waals surface area contributed by atoms with E-state index in [9.17, 15) is 4.79 Å². The Morgan fingerprint density at radius 1 is 1.22 bits per heavy atom. The summed E-state index contributed by atoms with van der Waals surface area (Å²) in [6, 6.07) is 9.88. The first-order valence-corrected chi connectivity index (χ1v) is 5.84. The van der Waals surface area contributed by atoms with Crippen molar-refractivity contribution >= 4 is 34.8 Å². The molecule has 3 rings (SSSR count). The Hall–Kier alpha value is -1.58. The molecule has 1 aliphatic heterocycles. The van der Waals surface area contributed by atoms with Crippen LogP contribution in [-0.4, -0.2) is 12.5 Å². The number of anilines is 1. The lowest BCUT2D eigenvalue weighted by Crippen LogP contribution is -2.25. The van der Waals surface area contributed by atoms with Gasteiger partial charge < -0.3 is 10.6 Å². The highest BCUT2D eigenvalue weighted by Gasteiger charge is 2.28. The lowest BCUT2D eigenvalue weighted by atomic mass is 10.0. The Bertz CT molecular complexity index is 624. The second-order valence-corrected chi connectivity index (χ2v) is 4.23. The van der Waals surface area contributed by atoms with Crippen LogP contribution < -0.4 is 10.6 Å². The molecule has 1 heterocycles. The van der Waals surface area contributed by atoms with Crippen molar-refractivity contribution in [3.8, 4) is 0 Å². The third-order valence-electron chi connectivity index (χ3n) is 3.41. The van der Waals surface area contributed by atoms with Gasteiger partial charge in [0.05, 0.1) is 5.69 Å². The van der Waals surface area contributed by atoms with E-state index in [1.54, 1.807) is 0 Å². The first-order chi connectivity index (χ1) is 8.27. The smallest absolute Gasteiger partial charge is 0.258 e. The van der Waals surface area contributed by atoms with Crippen molar-refractivity contribution in [2.45, 2.75) is 13.5 Å². The molecular formula is C14H15ClN2O. The van der Waals surface area contributed by atoms with Crippen molar-refractivity contribution < 1.29 is 4.79 Å². The summed E-state index contributed by atoms with van der Waals surface area (Å²) in [6.07, 6.45) is 0. The van der Waals surface area contributed by atoms with Gasteiger partial charge in [0, 0.05) is 24.0 Å². The van der Waals surface area contributed by atoms with E-state index in [1.807, 2.05) is 42.2 Å². The Kier molecular flexibility index (Phi) is 3.28. The predicted octanol–water partition coefficient (Wildman–Crippen LogP) is 2.70. The van der Waals surface area contributed by atoms with Crippen LogP contribution in [0.1, 0.15) is 22.8 Å². The lowest BCUT2D eigenvalue weighted by Gasteiger charge is -2.14. The zero-order chi connectivity index (χ0) is 12.0. The third kappa shape index (κ3) is 1.51. The molecule has 94 valence electrons. The highest BCUT2D eigenvalue weighted by Crippen LogP contribution is 2.38. The van der Waals surface area contributed by atoms with Crippen LogP contribution in [0.15, 0.2) is 30.3 Å². The number of hydrogen-bond acceptors (Lipinski definition) is 2. The van der Waals surface area contributed by atoms with Crippen LogP contribution in [0.5, 0.6) is 0 Å². The molecule has 0 saturated carbocycles. The van der Waals surface area contributed by atoms with Crippen molar-refractivity contribution in [3.05, 3.63) is 41.5 Å². The van der Waals surface area contributed by atoms with E-state index in [0.717, 1.165) is 27.6 Å². The van der Waals surface area contributed by atoms with Gasteiger partial charge in [-0.2, -0.15) is 0 Å². The summed E-state index contributed by atoms with van der Waals surface area (Å²) in [5.74, 6) is 0.0993. The maximum Gasteiger partial charge on any atom is 0.258 e. The van der Waals surface area contributed by atoms with E-state index in [0.29, 0.717) is 13.1 Å². The van der Waals surface area contributed by atoms with E-state index in [1.165, 1.54) is 0 Å². The van der Waals surface area contributed by atoms with E-state index in [-0.39, 0.29) is 18.3 Å². The summed E-state index contributed by atoms with van der Waals surface area (Å²) >= 11 is 0. The molecule has 0 atom stereocenters. The van der Waals surface area contributed by atoms with Gasteiger partial charge in [-0.3, -0.25) is 4.79 Å². The number of carbonyl (C=O) groups is 1. The third-order valence-corrected chi connectivity index (χ3v) is 3.41.